The number of hydrogen-bond acceptors (Lipinski definition) is 2. The molecule has 88 valence electrons. The largest absolute Gasteiger partial charge is 0.327 e. The summed E-state index contributed by atoms with van der Waals surface area (Å²) in [6.45, 7) is 2.33. The van der Waals surface area contributed by atoms with Crippen molar-refractivity contribution < 1.29 is 0 Å². The number of nitrogens with two attached hydrogens (primary N) is 1. The molecule has 0 aromatic carbocycles. The van der Waals surface area contributed by atoms with Gasteiger partial charge in [-0.25, -0.2) is 0 Å². The maximum Gasteiger partial charge on any atom is 0.0410 e. The SMILES string of the molecule is CC1CCCC1C(N)Cc1cncc(Br)c1. The average molecular weight is 283 g/mol. The van der Waals surface area contributed by atoms with Crippen molar-refractivity contribution in [1.82, 2.24) is 4.98 Å². The van der Waals surface area contributed by atoms with E-state index in [2.05, 4.69) is 33.9 Å². The molecule has 1 aliphatic carbocycles. The van der Waals surface area contributed by atoms with Crippen LogP contribution in [0.1, 0.15) is 31.7 Å². The van der Waals surface area contributed by atoms with Gasteiger partial charge in [0.15, 0.2) is 0 Å². The molecule has 1 saturated carbocycles. The number of hydrogen-bond donors (Lipinski definition) is 1. The molecule has 3 heteroatoms. The Hall–Kier alpha value is -0.410. The summed E-state index contributed by atoms with van der Waals surface area (Å²) in [7, 11) is 0. The van der Waals surface area contributed by atoms with Crippen LogP contribution in [0.3, 0.4) is 0 Å². The summed E-state index contributed by atoms with van der Waals surface area (Å²) in [6.07, 6.45) is 8.66. The van der Waals surface area contributed by atoms with Crippen molar-refractivity contribution in [2.24, 2.45) is 17.6 Å². The summed E-state index contributed by atoms with van der Waals surface area (Å²) in [4.78, 5) is 4.18. The van der Waals surface area contributed by atoms with Gasteiger partial charge < -0.3 is 5.73 Å². The Morgan fingerprint density at radius 3 is 2.94 bits per heavy atom. The van der Waals surface area contributed by atoms with Crippen molar-refractivity contribution in [2.45, 2.75) is 38.6 Å². The van der Waals surface area contributed by atoms with E-state index in [-0.39, 0.29) is 6.04 Å². The molecule has 1 aliphatic rings. The minimum Gasteiger partial charge on any atom is -0.327 e. The monoisotopic (exact) mass is 282 g/mol. The van der Waals surface area contributed by atoms with Crippen molar-refractivity contribution in [2.75, 3.05) is 0 Å². The van der Waals surface area contributed by atoms with Crippen molar-refractivity contribution in [3.63, 3.8) is 0 Å². The first-order valence-electron chi connectivity index (χ1n) is 6.02. The number of aromatic nitrogens is 1. The fourth-order valence-corrected chi connectivity index (χ4v) is 3.21. The van der Waals surface area contributed by atoms with Gasteiger partial charge in [0.2, 0.25) is 0 Å². The van der Waals surface area contributed by atoms with E-state index in [4.69, 9.17) is 5.73 Å². The Bertz CT molecular complexity index is 354. The van der Waals surface area contributed by atoms with Crippen LogP contribution in [0, 0.1) is 11.8 Å². The van der Waals surface area contributed by atoms with Crippen LogP contribution in [0.2, 0.25) is 0 Å². The van der Waals surface area contributed by atoms with E-state index in [1.165, 1.54) is 24.8 Å². The maximum absolute atomic E-state index is 6.31. The zero-order chi connectivity index (χ0) is 11.5. The minimum absolute atomic E-state index is 0.286. The molecule has 2 nitrogen and oxygen atoms in total. The summed E-state index contributed by atoms with van der Waals surface area (Å²) >= 11 is 3.44. The molecule has 2 rings (SSSR count). The van der Waals surface area contributed by atoms with E-state index in [0.717, 1.165) is 16.8 Å². The number of pyridine rings is 1. The molecule has 3 unspecified atom stereocenters. The Labute approximate surface area is 106 Å². The lowest BCUT2D eigenvalue weighted by atomic mass is 9.87. The molecule has 0 radical (unpaired) electrons. The van der Waals surface area contributed by atoms with Crippen LogP contribution in [-0.4, -0.2) is 11.0 Å². The van der Waals surface area contributed by atoms with Gasteiger partial charge in [0.25, 0.3) is 0 Å². The third kappa shape index (κ3) is 2.83. The van der Waals surface area contributed by atoms with Gasteiger partial charge in [-0.3, -0.25) is 4.98 Å². The molecule has 1 heterocycles. The lowest BCUT2D eigenvalue weighted by Gasteiger charge is -2.23. The molecule has 0 aliphatic heterocycles. The summed E-state index contributed by atoms with van der Waals surface area (Å²) < 4.78 is 1.04. The zero-order valence-corrected chi connectivity index (χ0v) is 11.3. The van der Waals surface area contributed by atoms with Crippen LogP contribution >= 0.6 is 15.9 Å². The van der Waals surface area contributed by atoms with E-state index in [0.29, 0.717) is 5.92 Å². The second-order valence-electron chi connectivity index (χ2n) is 4.95. The molecule has 1 aromatic heterocycles. The van der Waals surface area contributed by atoms with Gasteiger partial charge in [0.1, 0.15) is 0 Å². The molecule has 0 amide bonds. The molecule has 0 saturated heterocycles. The highest BCUT2D eigenvalue weighted by Crippen LogP contribution is 2.33. The van der Waals surface area contributed by atoms with Crippen LogP contribution in [0.5, 0.6) is 0 Å². The fourth-order valence-electron chi connectivity index (χ4n) is 2.80. The first-order valence-corrected chi connectivity index (χ1v) is 6.81. The lowest BCUT2D eigenvalue weighted by Crippen LogP contribution is -2.33. The zero-order valence-electron chi connectivity index (χ0n) is 9.70. The Morgan fingerprint density at radius 1 is 1.50 bits per heavy atom. The smallest absolute Gasteiger partial charge is 0.0410 e. The first-order chi connectivity index (χ1) is 7.66. The van der Waals surface area contributed by atoms with Crippen molar-refractivity contribution in [3.8, 4) is 0 Å². The van der Waals surface area contributed by atoms with Gasteiger partial charge in [-0.1, -0.05) is 19.8 Å². The number of halogens is 1. The molecular weight excluding hydrogens is 264 g/mol. The van der Waals surface area contributed by atoms with E-state index in [9.17, 15) is 0 Å². The number of nitrogens with zero attached hydrogens (tertiary/aromatic N) is 1. The predicted octanol–water partition coefficient (Wildman–Crippen LogP) is 3.15. The maximum atomic E-state index is 6.31. The highest BCUT2D eigenvalue weighted by molar-refractivity contribution is 9.10. The molecule has 3 atom stereocenters. The Balaban J connectivity index is 1.99. The van der Waals surface area contributed by atoms with Crippen LogP contribution in [-0.2, 0) is 6.42 Å². The van der Waals surface area contributed by atoms with Gasteiger partial charge >= 0.3 is 0 Å². The molecule has 1 aromatic rings. The molecule has 16 heavy (non-hydrogen) atoms. The van der Waals surface area contributed by atoms with Gasteiger partial charge in [-0.15, -0.1) is 0 Å². The predicted molar refractivity (Wildman–Crippen MR) is 70.1 cm³/mol. The summed E-state index contributed by atoms with van der Waals surface area (Å²) in [5, 5.41) is 0. The summed E-state index contributed by atoms with van der Waals surface area (Å²) in [6, 6.07) is 2.40. The molecule has 0 bridgehead atoms. The lowest BCUT2D eigenvalue weighted by molar-refractivity contribution is 0.343. The molecule has 1 fully saturated rings. The second-order valence-corrected chi connectivity index (χ2v) is 5.87. The second kappa shape index (κ2) is 5.28. The first kappa shape index (κ1) is 12.1. The van der Waals surface area contributed by atoms with Gasteiger partial charge in [0.05, 0.1) is 0 Å². The van der Waals surface area contributed by atoms with Crippen molar-refractivity contribution in [1.29, 1.82) is 0 Å². The van der Waals surface area contributed by atoms with Crippen molar-refractivity contribution in [3.05, 3.63) is 28.5 Å². The Kier molecular flexibility index (Phi) is 3.98. The molecular formula is C13H19BrN2. The van der Waals surface area contributed by atoms with Crippen LogP contribution in [0.4, 0.5) is 0 Å². The quantitative estimate of drug-likeness (QED) is 0.925. The van der Waals surface area contributed by atoms with Gasteiger partial charge in [-0.05, 0) is 52.2 Å². The van der Waals surface area contributed by atoms with E-state index in [1.807, 2.05) is 12.4 Å². The topological polar surface area (TPSA) is 38.9 Å². The normalized spacial score (nSPS) is 26.9. The molecule has 2 N–H and O–H groups in total. The number of rotatable bonds is 3. The van der Waals surface area contributed by atoms with E-state index in [1.54, 1.807) is 0 Å². The minimum atomic E-state index is 0.286. The molecule has 0 spiro atoms. The van der Waals surface area contributed by atoms with Crippen molar-refractivity contribution >= 4 is 15.9 Å². The van der Waals surface area contributed by atoms with E-state index < -0.39 is 0 Å². The third-order valence-electron chi connectivity index (χ3n) is 3.71. The average Bonchev–Trinajstić information content (AvgIpc) is 2.64. The Morgan fingerprint density at radius 2 is 2.31 bits per heavy atom. The van der Waals surface area contributed by atoms with Gasteiger partial charge in [0, 0.05) is 22.9 Å². The van der Waals surface area contributed by atoms with Gasteiger partial charge in [-0.2, -0.15) is 0 Å². The fraction of sp³-hybridized carbons (Fsp3) is 0.615. The van der Waals surface area contributed by atoms with E-state index >= 15 is 0 Å². The van der Waals surface area contributed by atoms with Crippen LogP contribution < -0.4 is 5.73 Å². The van der Waals surface area contributed by atoms with Crippen LogP contribution in [0.25, 0.3) is 0 Å². The highest BCUT2D eigenvalue weighted by Gasteiger charge is 2.28. The van der Waals surface area contributed by atoms with Crippen LogP contribution in [0.15, 0.2) is 22.9 Å². The standard InChI is InChI=1S/C13H19BrN2/c1-9-3-2-4-12(9)13(15)6-10-5-11(14)8-16-7-10/h5,7-9,12-13H,2-4,6,15H2,1H3. The third-order valence-corrected chi connectivity index (χ3v) is 4.14. The summed E-state index contributed by atoms with van der Waals surface area (Å²) in [5.41, 5.74) is 7.55. The highest BCUT2D eigenvalue weighted by atomic mass is 79.9. The summed E-state index contributed by atoms with van der Waals surface area (Å²) in [5.74, 6) is 1.48.